The van der Waals surface area contributed by atoms with Crippen LogP contribution in [-0.2, 0) is 24.3 Å². The van der Waals surface area contributed by atoms with E-state index < -0.39 is 28.5 Å². The van der Waals surface area contributed by atoms with Crippen LogP contribution < -0.4 is 14.8 Å². The molecule has 1 heterocycles. The number of ether oxygens (including phenoxy) is 3. The summed E-state index contributed by atoms with van der Waals surface area (Å²) in [6.07, 6.45) is 1.45. The predicted molar refractivity (Wildman–Crippen MR) is 121 cm³/mol. The number of carbonyl (C=O) groups excluding carboxylic acids is 2. The van der Waals surface area contributed by atoms with Crippen molar-refractivity contribution in [1.29, 1.82) is 0 Å². The maximum Gasteiger partial charge on any atom is 0.338 e. The molecule has 3 rings (SSSR count). The molecule has 11 heteroatoms. The van der Waals surface area contributed by atoms with Gasteiger partial charge in [-0.05, 0) is 43.2 Å². The summed E-state index contributed by atoms with van der Waals surface area (Å²) in [5, 5.41) is 2.53. The van der Waals surface area contributed by atoms with E-state index in [1.165, 1.54) is 12.1 Å². The summed E-state index contributed by atoms with van der Waals surface area (Å²) in [6.45, 7) is 0.668. The van der Waals surface area contributed by atoms with Crippen LogP contribution in [0.4, 0.5) is 0 Å². The average molecular weight is 497 g/mol. The molecule has 0 aliphatic carbocycles. The lowest BCUT2D eigenvalue weighted by molar-refractivity contribution is -0.124. The Morgan fingerprint density at radius 1 is 1.15 bits per heavy atom. The van der Waals surface area contributed by atoms with Gasteiger partial charge in [0.2, 0.25) is 10.0 Å². The molecule has 1 amide bonds. The maximum absolute atomic E-state index is 12.6. The molecule has 0 bridgehead atoms. The number of hydrogen-bond acceptors (Lipinski definition) is 7. The second-order valence-electron chi connectivity index (χ2n) is 7.22. The molecule has 0 aromatic heterocycles. The van der Waals surface area contributed by atoms with Crippen molar-refractivity contribution in [2.75, 3.05) is 32.9 Å². The highest BCUT2D eigenvalue weighted by atomic mass is 35.5. The van der Waals surface area contributed by atoms with Gasteiger partial charge in [0.15, 0.2) is 6.61 Å². The first-order valence-electron chi connectivity index (χ1n) is 10.4. The minimum atomic E-state index is -3.97. The van der Waals surface area contributed by atoms with Crippen molar-refractivity contribution < 1.29 is 32.2 Å². The summed E-state index contributed by atoms with van der Waals surface area (Å²) in [7, 11) is -3.97. The van der Waals surface area contributed by atoms with Crippen molar-refractivity contribution in [1.82, 2.24) is 10.0 Å². The van der Waals surface area contributed by atoms with Crippen LogP contribution in [0, 0.1) is 0 Å². The molecule has 1 atom stereocenters. The zero-order chi connectivity index (χ0) is 23.7. The maximum atomic E-state index is 12.6. The van der Waals surface area contributed by atoms with E-state index in [1.807, 2.05) is 18.2 Å². The molecule has 178 valence electrons. The molecular formula is C22H25ClN2O7S. The number of para-hydroxylation sites is 1. The van der Waals surface area contributed by atoms with Gasteiger partial charge in [-0.1, -0.05) is 29.8 Å². The van der Waals surface area contributed by atoms with Crippen LogP contribution in [0.1, 0.15) is 23.2 Å². The summed E-state index contributed by atoms with van der Waals surface area (Å²) in [6, 6.07) is 12.9. The van der Waals surface area contributed by atoms with Crippen LogP contribution in [0.3, 0.4) is 0 Å². The van der Waals surface area contributed by atoms with E-state index in [1.54, 1.807) is 12.1 Å². The molecule has 9 nitrogen and oxygen atoms in total. The Hall–Kier alpha value is -2.66. The Morgan fingerprint density at radius 2 is 1.94 bits per heavy atom. The third kappa shape index (κ3) is 7.71. The van der Waals surface area contributed by atoms with Gasteiger partial charge in [-0.25, -0.2) is 17.9 Å². The predicted octanol–water partition coefficient (Wildman–Crippen LogP) is 2.15. The standard InChI is InChI=1S/C22H25ClN2O7S/c23-19-9-8-16(13-20(19)33(28,29)25-14-18-7-4-11-30-18)22(27)32-15-21(26)24-10-12-31-17-5-2-1-3-6-17/h1-3,5-6,8-9,13,18,25H,4,7,10-12,14-15H2,(H,24,26). The molecule has 33 heavy (non-hydrogen) atoms. The zero-order valence-corrected chi connectivity index (χ0v) is 19.4. The number of hydrogen-bond donors (Lipinski definition) is 2. The lowest BCUT2D eigenvalue weighted by Crippen LogP contribution is -2.32. The van der Waals surface area contributed by atoms with E-state index in [4.69, 9.17) is 25.8 Å². The first kappa shape index (κ1) is 25.0. The Morgan fingerprint density at radius 3 is 2.67 bits per heavy atom. The highest BCUT2D eigenvalue weighted by Crippen LogP contribution is 2.23. The van der Waals surface area contributed by atoms with Crippen molar-refractivity contribution >= 4 is 33.5 Å². The Balaban J connectivity index is 1.47. The Labute approximate surface area is 197 Å². The van der Waals surface area contributed by atoms with E-state index in [2.05, 4.69) is 10.0 Å². The van der Waals surface area contributed by atoms with Gasteiger partial charge in [0, 0.05) is 13.2 Å². The number of nitrogens with one attached hydrogen (secondary N) is 2. The van der Waals surface area contributed by atoms with Crippen LogP contribution in [0.25, 0.3) is 0 Å². The molecule has 1 aliphatic heterocycles. The number of amides is 1. The first-order chi connectivity index (χ1) is 15.8. The van der Waals surface area contributed by atoms with E-state index in [-0.39, 0.29) is 41.3 Å². The number of esters is 1. The second-order valence-corrected chi connectivity index (χ2v) is 9.36. The number of rotatable bonds is 11. The second kappa shape index (κ2) is 12.0. The largest absolute Gasteiger partial charge is 0.492 e. The molecular weight excluding hydrogens is 472 g/mol. The molecule has 2 aromatic carbocycles. The Bertz CT molecular complexity index is 1060. The van der Waals surface area contributed by atoms with Crippen molar-refractivity contribution in [3.8, 4) is 5.75 Å². The molecule has 0 spiro atoms. The Kier molecular flexibility index (Phi) is 9.07. The van der Waals surface area contributed by atoms with Gasteiger partial charge in [0.25, 0.3) is 5.91 Å². The van der Waals surface area contributed by atoms with Crippen molar-refractivity contribution in [2.24, 2.45) is 0 Å². The smallest absolute Gasteiger partial charge is 0.338 e. The molecule has 1 aliphatic rings. The quantitative estimate of drug-likeness (QED) is 0.361. The summed E-state index contributed by atoms with van der Waals surface area (Å²) in [5.41, 5.74) is -0.0443. The summed E-state index contributed by atoms with van der Waals surface area (Å²) in [4.78, 5) is 24.0. The molecule has 1 fully saturated rings. The zero-order valence-electron chi connectivity index (χ0n) is 17.8. The van der Waals surface area contributed by atoms with Gasteiger partial charge in [-0.2, -0.15) is 0 Å². The van der Waals surface area contributed by atoms with Gasteiger partial charge in [-0.3, -0.25) is 4.79 Å². The normalized spacial score (nSPS) is 15.7. The number of sulfonamides is 1. The molecule has 1 saturated heterocycles. The molecule has 0 radical (unpaired) electrons. The molecule has 1 unspecified atom stereocenters. The van der Waals surface area contributed by atoms with Gasteiger partial charge in [0.1, 0.15) is 17.3 Å². The molecule has 0 saturated carbocycles. The molecule has 2 aromatic rings. The van der Waals surface area contributed by atoms with Crippen LogP contribution in [0.5, 0.6) is 5.75 Å². The monoisotopic (exact) mass is 496 g/mol. The van der Waals surface area contributed by atoms with Gasteiger partial charge in [-0.15, -0.1) is 0 Å². The van der Waals surface area contributed by atoms with Crippen LogP contribution in [0.15, 0.2) is 53.4 Å². The topological polar surface area (TPSA) is 120 Å². The lowest BCUT2D eigenvalue weighted by Gasteiger charge is -2.13. The van der Waals surface area contributed by atoms with Gasteiger partial charge in [0.05, 0.1) is 23.2 Å². The van der Waals surface area contributed by atoms with Crippen molar-refractivity contribution in [3.05, 3.63) is 59.1 Å². The highest BCUT2D eigenvalue weighted by molar-refractivity contribution is 7.89. The van der Waals surface area contributed by atoms with E-state index in [0.29, 0.717) is 12.4 Å². The third-order valence-electron chi connectivity index (χ3n) is 4.75. The van der Waals surface area contributed by atoms with Crippen molar-refractivity contribution in [2.45, 2.75) is 23.8 Å². The summed E-state index contributed by atoms with van der Waals surface area (Å²) >= 11 is 6.05. The average Bonchev–Trinajstić information content (AvgIpc) is 3.34. The SMILES string of the molecule is O=C(COC(=O)c1ccc(Cl)c(S(=O)(=O)NCC2CCCO2)c1)NCCOc1ccccc1. The lowest BCUT2D eigenvalue weighted by atomic mass is 10.2. The van der Waals surface area contributed by atoms with E-state index in [0.717, 1.165) is 18.9 Å². The fourth-order valence-corrected chi connectivity index (χ4v) is 4.65. The third-order valence-corrected chi connectivity index (χ3v) is 6.66. The molecule has 2 N–H and O–H groups in total. The first-order valence-corrected chi connectivity index (χ1v) is 12.2. The number of benzene rings is 2. The summed E-state index contributed by atoms with van der Waals surface area (Å²) in [5.74, 6) is -0.685. The fraction of sp³-hybridized carbons (Fsp3) is 0.364. The van der Waals surface area contributed by atoms with E-state index >= 15 is 0 Å². The van der Waals surface area contributed by atoms with Gasteiger partial charge < -0.3 is 19.5 Å². The van der Waals surface area contributed by atoms with Crippen LogP contribution in [-0.4, -0.2) is 59.3 Å². The highest BCUT2D eigenvalue weighted by Gasteiger charge is 2.24. The minimum Gasteiger partial charge on any atom is -0.492 e. The fourth-order valence-electron chi connectivity index (χ4n) is 3.06. The van der Waals surface area contributed by atoms with Crippen LogP contribution >= 0.6 is 11.6 Å². The van der Waals surface area contributed by atoms with Crippen LogP contribution in [0.2, 0.25) is 5.02 Å². The minimum absolute atomic E-state index is 0.0393. The summed E-state index contributed by atoms with van der Waals surface area (Å²) < 4.78 is 43.5. The van der Waals surface area contributed by atoms with Gasteiger partial charge >= 0.3 is 5.97 Å². The number of halogens is 1. The van der Waals surface area contributed by atoms with E-state index in [9.17, 15) is 18.0 Å². The van der Waals surface area contributed by atoms with Crippen molar-refractivity contribution in [3.63, 3.8) is 0 Å². The number of carbonyl (C=O) groups is 2.